The van der Waals surface area contributed by atoms with E-state index >= 15 is 0 Å². The van der Waals surface area contributed by atoms with Crippen molar-refractivity contribution < 1.29 is 9.32 Å². The van der Waals surface area contributed by atoms with Crippen molar-refractivity contribution in [1.82, 2.24) is 24.8 Å². The van der Waals surface area contributed by atoms with Crippen molar-refractivity contribution in [1.29, 1.82) is 0 Å². The van der Waals surface area contributed by atoms with Crippen molar-refractivity contribution in [3.05, 3.63) is 28.7 Å². The molecule has 7 nitrogen and oxygen atoms in total. The van der Waals surface area contributed by atoms with Crippen LogP contribution in [0.3, 0.4) is 0 Å². The molecule has 24 heavy (non-hydrogen) atoms. The summed E-state index contributed by atoms with van der Waals surface area (Å²) in [5.74, 6) is 1.67. The lowest BCUT2D eigenvalue weighted by atomic mass is 9.85. The Morgan fingerprint density at radius 2 is 2.12 bits per heavy atom. The topological polar surface area (TPSA) is 77.0 Å². The molecule has 7 heteroatoms. The van der Waals surface area contributed by atoms with E-state index in [1.807, 2.05) is 13.8 Å². The monoisotopic (exact) mass is 331 g/mol. The second-order valence-corrected chi connectivity index (χ2v) is 6.59. The fourth-order valence-electron chi connectivity index (χ4n) is 3.10. The largest absolute Gasteiger partial charge is 0.339 e. The summed E-state index contributed by atoms with van der Waals surface area (Å²) in [4.78, 5) is 18.5. The van der Waals surface area contributed by atoms with Gasteiger partial charge in [0.1, 0.15) is 6.54 Å². The number of hydrogen-bond donors (Lipinski definition) is 0. The summed E-state index contributed by atoms with van der Waals surface area (Å²) in [6, 6.07) is 0. The number of aromatic nitrogens is 4. The lowest BCUT2D eigenvalue weighted by Gasteiger charge is -2.20. The number of nitrogens with zero attached hydrogens (tertiary/aromatic N) is 5. The molecule has 130 valence electrons. The molecule has 2 heterocycles. The summed E-state index contributed by atoms with van der Waals surface area (Å²) in [7, 11) is 1.76. The fraction of sp³-hybridized carbons (Fsp3) is 0.647. The highest BCUT2D eigenvalue weighted by atomic mass is 16.5. The Bertz CT molecular complexity index is 729. The van der Waals surface area contributed by atoms with Gasteiger partial charge < -0.3 is 9.42 Å². The number of aryl methyl sites for hydroxylation is 1. The lowest BCUT2D eigenvalue weighted by molar-refractivity contribution is -0.131. The Labute approximate surface area is 142 Å². The smallest absolute Gasteiger partial charge is 0.244 e. The molecule has 0 atom stereocenters. The molecule has 1 saturated carbocycles. The third-order valence-corrected chi connectivity index (χ3v) is 4.91. The molecule has 3 rings (SSSR count). The minimum Gasteiger partial charge on any atom is -0.339 e. The maximum absolute atomic E-state index is 12.5. The van der Waals surface area contributed by atoms with Crippen LogP contribution >= 0.6 is 0 Å². The molecule has 0 aliphatic heterocycles. The minimum absolute atomic E-state index is 0.0155. The third kappa shape index (κ3) is 3.20. The van der Waals surface area contributed by atoms with E-state index in [0.717, 1.165) is 30.7 Å². The summed E-state index contributed by atoms with van der Waals surface area (Å²) in [6.45, 7) is 6.69. The van der Waals surface area contributed by atoms with E-state index in [4.69, 9.17) is 4.52 Å². The maximum Gasteiger partial charge on any atom is 0.244 e. The number of rotatable bonds is 6. The SMILES string of the molecule is CCc1c(C)nn(CC(=O)N(C)Cc2noc(C3CCC3)n2)c1C. The molecule has 0 spiro atoms. The van der Waals surface area contributed by atoms with E-state index in [0.29, 0.717) is 24.2 Å². The molecule has 1 aliphatic rings. The lowest BCUT2D eigenvalue weighted by Crippen LogP contribution is -2.31. The number of hydrogen-bond acceptors (Lipinski definition) is 5. The Balaban J connectivity index is 1.61. The van der Waals surface area contributed by atoms with Crippen LogP contribution in [-0.2, 0) is 24.3 Å². The maximum atomic E-state index is 12.5. The molecule has 1 fully saturated rings. The molecule has 0 bridgehead atoms. The first-order chi connectivity index (χ1) is 11.5. The van der Waals surface area contributed by atoms with Gasteiger partial charge in [-0.2, -0.15) is 10.1 Å². The number of amides is 1. The van der Waals surface area contributed by atoms with Gasteiger partial charge in [0.05, 0.1) is 12.2 Å². The third-order valence-electron chi connectivity index (χ3n) is 4.91. The van der Waals surface area contributed by atoms with Crippen LogP contribution in [-0.4, -0.2) is 37.8 Å². The molecule has 0 aromatic carbocycles. The Morgan fingerprint density at radius 1 is 1.38 bits per heavy atom. The van der Waals surface area contributed by atoms with Gasteiger partial charge in [-0.05, 0) is 38.7 Å². The van der Waals surface area contributed by atoms with E-state index in [2.05, 4.69) is 22.2 Å². The van der Waals surface area contributed by atoms with Crippen molar-refractivity contribution >= 4 is 5.91 Å². The summed E-state index contributed by atoms with van der Waals surface area (Å²) in [5, 5.41) is 8.47. The van der Waals surface area contributed by atoms with Gasteiger partial charge in [-0.25, -0.2) is 0 Å². The van der Waals surface area contributed by atoms with Crippen molar-refractivity contribution in [3.63, 3.8) is 0 Å². The van der Waals surface area contributed by atoms with Gasteiger partial charge in [-0.1, -0.05) is 18.5 Å². The minimum atomic E-state index is -0.0155. The summed E-state index contributed by atoms with van der Waals surface area (Å²) < 4.78 is 7.08. The Morgan fingerprint density at radius 3 is 2.71 bits per heavy atom. The van der Waals surface area contributed by atoms with E-state index in [1.165, 1.54) is 12.0 Å². The zero-order chi connectivity index (χ0) is 17.3. The summed E-state index contributed by atoms with van der Waals surface area (Å²) in [6.07, 6.45) is 4.39. The van der Waals surface area contributed by atoms with Crippen LogP contribution in [0.25, 0.3) is 0 Å². The van der Waals surface area contributed by atoms with Crippen molar-refractivity contribution in [2.45, 2.75) is 65.5 Å². The second kappa shape index (κ2) is 6.75. The molecule has 0 radical (unpaired) electrons. The molecular weight excluding hydrogens is 306 g/mol. The van der Waals surface area contributed by atoms with Crippen molar-refractivity contribution in [3.8, 4) is 0 Å². The number of likely N-dealkylation sites (N-methyl/N-ethyl adjacent to an activating group) is 1. The van der Waals surface area contributed by atoms with Gasteiger partial charge in [0.25, 0.3) is 0 Å². The van der Waals surface area contributed by atoms with E-state index in [9.17, 15) is 4.79 Å². The predicted octanol–water partition coefficient (Wildman–Crippen LogP) is 2.37. The average molecular weight is 331 g/mol. The van der Waals surface area contributed by atoms with E-state index < -0.39 is 0 Å². The van der Waals surface area contributed by atoms with Crippen LogP contribution in [0.2, 0.25) is 0 Å². The van der Waals surface area contributed by atoms with Gasteiger partial charge >= 0.3 is 0 Å². The number of carbonyl (C=O) groups excluding carboxylic acids is 1. The van der Waals surface area contributed by atoms with Crippen LogP contribution in [0.15, 0.2) is 4.52 Å². The highest BCUT2D eigenvalue weighted by Gasteiger charge is 2.26. The van der Waals surface area contributed by atoms with Crippen LogP contribution in [0.4, 0.5) is 0 Å². The van der Waals surface area contributed by atoms with Crippen LogP contribution < -0.4 is 0 Å². The predicted molar refractivity (Wildman–Crippen MR) is 88.4 cm³/mol. The fourth-order valence-corrected chi connectivity index (χ4v) is 3.10. The zero-order valence-electron chi connectivity index (χ0n) is 14.9. The normalized spacial score (nSPS) is 14.7. The van der Waals surface area contributed by atoms with Crippen LogP contribution in [0.1, 0.15) is 60.8 Å². The first-order valence-electron chi connectivity index (χ1n) is 8.59. The highest BCUT2D eigenvalue weighted by molar-refractivity contribution is 5.75. The van der Waals surface area contributed by atoms with E-state index in [1.54, 1.807) is 16.6 Å². The van der Waals surface area contributed by atoms with Crippen molar-refractivity contribution in [2.75, 3.05) is 7.05 Å². The zero-order valence-corrected chi connectivity index (χ0v) is 14.9. The molecular formula is C17H25N5O2. The standard InChI is InChI=1S/C17H25N5O2/c1-5-14-11(2)19-22(12(14)3)10-16(23)21(4)9-15-18-17(24-20-15)13-7-6-8-13/h13H,5-10H2,1-4H3. The molecule has 0 saturated heterocycles. The van der Waals surface area contributed by atoms with Gasteiger partial charge in [-0.15, -0.1) is 0 Å². The van der Waals surface area contributed by atoms with Crippen LogP contribution in [0.5, 0.6) is 0 Å². The van der Waals surface area contributed by atoms with Crippen LogP contribution in [0, 0.1) is 13.8 Å². The first-order valence-corrected chi connectivity index (χ1v) is 8.59. The second-order valence-electron chi connectivity index (χ2n) is 6.59. The number of carbonyl (C=O) groups is 1. The van der Waals surface area contributed by atoms with Gasteiger partial charge in [0.15, 0.2) is 5.82 Å². The van der Waals surface area contributed by atoms with E-state index in [-0.39, 0.29) is 12.5 Å². The quantitative estimate of drug-likeness (QED) is 0.812. The molecule has 0 N–H and O–H groups in total. The summed E-state index contributed by atoms with van der Waals surface area (Å²) in [5.41, 5.74) is 3.27. The molecule has 1 aliphatic carbocycles. The van der Waals surface area contributed by atoms with Gasteiger partial charge in [0, 0.05) is 18.7 Å². The average Bonchev–Trinajstić information content (AvgIpc) is 3.02. The first kappa shape index (κ1) is 16.7. The van der Waals surface area contributed by atoms with Crippen molar-refractivity contribution in [2.24, 2.45) is 0 Å². The summed E-state index contributed by atoms with van der Waals surface area (Å²) >= 11 is 0. The molecule has 2 aromatic heterocycles. The van der Waals surface area contributed by atoms with Gasteiger partial charge in [-0.3, -0.25) is 9.48 Å². The highest BCUT2D eigenvalue weighted by Crippen LogP contribution is 2.35. The Hall–Kier alpha value is -2.18. The van der Waals surface area contributed by atoms with Gasteiger partial charge in [0.2, 0.25) is 11.8 Å². The molecule has 0 unspecified atom stereocenters. The Kier molecular flexibility index (Phi) is 4.69. The molecule has 2 aromatic rings. The molecule has 1 amide bonds.